The second-order valence-electron chi connectivity index (χ2n) is 6.94. The van der Waals surface area contributed by atoms with Crippen LogP contribution in [-0.4, -0.2) is 59.3 Å². The molecule has 1 aliphatic heterocycles. The first-order chi connectivity index (χ1) is 11.8. The average molecular weight is 331 g/mol. The molecule has 1 atom stereocenters. The fourth-order valence-electron chi connectivity index (χ4n) is 3.57. The summed E-state index contributed by atoms with van der Waals surface area (Å²) in [5, 5.41) is 12.3. The Labute approximate surface area is 144 Å². The van der Waals surface area contributed by atoms with Crippen LogP contribution in [0.15, 0.2) is 30.3 Å². The number of nitrogens with zero attached hydrogens (tertiary/aromatic N) is 2. The number of aliphatic hydroxyl groups excluding tert-OH is 1. The van der Waals surface area contributed by atoms with E-state index in [1.807, 2.05) is 6.07 Å². The predicted octanol–water partition coefficient (Wildman–Crippen LogP) is 2.21. The number of rotatable bonds is 7. The van der Waals surface area contributed by atoms with E-state index in [1.165, 1.54) is 18.4 Å². The highest BCUT2D eigenvalue weighted by Gasteiger charge is 2.32. The Balaban J connectivity index is 1.52. The molecule has 0 aromatic heterocycles. The molecule has 1 aromatic rings. The van der Waals surface area contributed by atoms with E-state index < -0.39 is 0 Å². The van der Waals surface area contributed by atoms with Crippen LogP contribution in [-0.2, 0) is 6.54 Å². The van der Waals surface area contributed by atoms with Crippen molar-refractivity contribution in [2.45, 2.75) is 50.7 Å². The molecule has 1 aromatic carbocycles. The standard InChI is InChI=1S/C19H29N3O2/c23-13-12-22(17-9-10-17)19(24)20-14-18-8-4-5-11-21(18)15-16-6-2-1-3-7-16/h1-3,6-7,17-18,23H,4-5,8-15H2,(H,20,24). The van der Waals surface area contributed by atoms with Crippen LogP contribution in [0.1, 0.15) is 37.7 Å². The van der Waals surface area contributed by atoms with Crippen LogP contribution in [0.25, 0.3) is 0 Å². The first-order valence-corrected chi connectivity index (χ1v) is 9.21. The van der Waals surface area contributed by atoms with Gasteiger partial charge < -0.3 is 15.3 Å². The monoisotopic (exact) mass is 331 g/mol. The molecule has 1 aliphatic carbocycles. The Morgan fingerprint density at radius 3 is 2.71 bits per heavy atom. The Morgan fingerprint density at radius 1 is 1.21 bits per heavy atom. The number of carbonyl (C=O) groups excluding carboxylic acids is 1. The van der Waals surface area contributed by atoms with E-state index in [0.29, 0.717) is 25.2 Å². The van der Waals surface area contributed by atoms with E-state index in [1.54, 1.807) is 4.90 Å². The van der Waals surface area contributed by atoms with Crippen molar-refractivity contribution in [2.24, 2.45) is 0 Å². The van der Waals surface area contributed by atoms with Crippen molar-refractivity contribution >= 4 is 6.03 Å². The van der Waals surface area contributed by atoms with Crippen molar-refractivity contribution in [3.05, 3.63) is 35.9 Å². The van der Waals surface area contributed by atoms with Crippen LogP contribution in [0.4, 0.5) is 4.79 Å². The van der Waals surface area contributed by atoms with Gasteiger partial charge in [-0.25, -0.2) is 4.79 Å². The summed E-state index contributed by atoms with van der Waals surface area (Å²) in [5.41, 5.74) is 1.33. The summed E-state index contributed by atoms with van der Waals surface area (Å²) in [6.07, 6.45) is 5.73. The summed E-state index contributed by atoms with van der Waals surface area (Å²) in [6.45, 7) is 3.21. The lowest BCUT2D eigenvalue weighted by atomic mass is 10.0. The fraction of sp³-hybridized carbons (Fsp3) is 0.632. The summed E-state index contributed by atoms with van der Waals surface area (Å²) in [4.78, 5) is 16.7. The van der Waals surface area contributed by atoms with E-state index >= 15 is 0 Å². The minimum Gasteiger partial charge on any atom is -0.395 e. The van der Waals surface area contributed by atoms with E-state index in [0.717, 1.165) is 32.4 Å². The van der Waals surface area contributed by atoms with Crippen molar-refractivity contribution in [3.8, 4) is 0 Å². The smallest absolute Gasteiger partial charge is 0.317 e. The number of aliphatic hydroxyl groups is 1. The molecule has 0 radical (unpaired) electrons. The van der Waals surface area contributed by atoms with Crippen LogP contribution >= 0.6 is 0 Å². The maximum absolute atomic E-state index is 12.4. The van der Waals surface area contributed by atoms with Crippen LogP contribution in [0.3, 0.4) is 0 Å². The van der Waals surface area contributed by atoms with Gasteiger partial charge in [0.1, 0.15) is 0 Å². The van der Waals surface area contributed by atoms with Crippen molar-refractivity contribution < 1.29 is 9.90 Å². The van der Waals surface area contributed by atoms with Crippen LogP contribution in [0, 0.1) is 0 Å². The Kier molecular flexibility index (Phi) is 6.10. The molecular weight excluding hydrogens is 302 g/mol. The molecule has 2 N–H and O–H groups in total. The highest BCUT2D eigenvalue weighted by molar-refractivity contribution is 5.75. The van der Waals surface area contributed by atoms with Gasteiger partial charge in [0.05, 0.1) is 6.61 Å². The molecular formula is C19H29N3O2. The van der Waals surface area contributed by atoms with Crippen molar-refractivity contribution in [2.75, 3.05) is 26.2 Å². The van der Waals surface area contributed by atoms with Gasteiger partial charge in [-0.15, -0.1) is 0 Å². The summed E-state index contributed by atoms with van der Waals surface area (Å²) < 4.78 is 0. The van der Waals surface area contributed by atoms with Gasteiger partial charge in [-0.2, -0.15) is 0 Å². The molecule has 1 heterocycles. The van der Waals surface area contributed by atoms with Gasteiger partial charge in [-0.1, -0.05) is 36.8 Å². The molecule has 0 bridgehead atoms. The van der Waals surface area contributed by atoms with Crippen LogP contribution < -0.4 is 5.32 Å². The quantitative estimate of drug-likeness (QED) is 0.805. The van der Waals surface area contributed by atoms with Gasteiger partial charge in [0.25, 0.3) is 0 Å². The number of likely N-dealkylation sites (tertiary alicyclic amines) is 1. The second-order valence-corrected chi connectivity index (χ2v) is 6.94. The normalized spacial score (nSPS) is 21.5. The highest BCUT2D eigenvalue weighted by Crippen LogP contribution is 2.26. The summed E-state index contributed by atoms with van der Waals surface area (Å²) in [6, 6.07) is 11.3. The fourth-order valence-corrected chi connectivity index (χ4v) is 3.57. The summed E-state index contributed by atoms with van der Waals surface area (Å²) in [7, 11) is 0. The molecule has 1 saturated carbocycles. The molecule has 5 heteroatoms. The molecule has 2 amide bonds. The third kappa shape index (κ3) is 4.71. The van der Waals surface area contributed by atoms with Gasteiger partial charge >= 0.3 is 6.03 Å². The second kappa shape index (κ2) is 8.49. The number of carbonyl (C=O) groups is 1. The predicted molar refractivity (Wildman–Crippen MR) is 94.7 cm³/mol. The first-order valence-electron chi connectivity index (χ1n) is 9.21. The summed E-state index contributed by atoms with van der Waals surface area (Å²) >= 11 is 0. The molecule has 24 heavy (non-hydrogen) atoms. The topological polar surface area (TPSA) is 55.8 Å². The molecule has 1 unspecified atom stereocenters. The SMILES string of the molecule is O=C(NCC1CCCCN1Cc1ccccc1)N(CCO)C1CC1. The molecule has 1 saturated heterocycles. The van der Waals surface area contributed by atoms with Crippen molar-refractivity contribution in [1.82, 2.24) is 15.1 Å². The summed E-state index contributed by atoms with van der Waals surface area (Å²) in [5.74, 6) is 0. The number of nitrogens with one attached hydrogen (secondary N) is 1. The largest absolute Gasteiger partial charge is 0.395 e. The molecule has 5 nitrogen and oxygen atoms in total. The van der Waals surface area contributed by atoms with E-state index in [9.17, 15) is 4.79 Å². The van der Waals surface area contributed by atoms with Gasteiger partial charge in [0.15, 0.2) is 0 Å². The zero-order valence-electron chi connectivity index (χ0n) is 14.4. The molecule has 3 rings (SSSR count). The molecule has 2 fully saturated rings. The molecule has 132 valence electrons. The Bertz CT molecular complexity index is 519. The van der Waals surface area contributed by atoms with E-state index in [4.69, 9.17) is 5.11 Å². The first kappa shape index (κ1) is 17.2. The van der Waals surface area contributed by atoms with Crippen LogP contribution in [0.5, 0.6) is 0 Å². The minimum atomic E-state index is -0.0169. The van der Waals surface area contributed by atoms with Gasteiger partial charge in [-0.3, -0.25) is 4.90 Å². The Hall–Kier alpha value is -1.59. The number of benzene rings is 1. The van der Waals surface area contributed by atoms with E-state index in [2.05, 4.69) is 34.5 Å². The number of hydrogen-bond donors (Lipinski definition) is 2. The lowest BCUT2D eigenvalue weighted by molar-refractivity contribution is 0.132. The van der Waals surface area contributed by atoms with Gasteiger partial charge in [-0.05, 0) is 37.8 Å². The zero-order chi connectivity index (χ0) is 16.8. The third-order valence-corrected chi connectivity index (χ3v) is 5.06. The van der Waals surface area contributed by atoms with Gasteiger partial charge in [0, 0.05) is 31.7 Å². The van der Waals surface area contributed by atoms with E-state index in [-0.39, 0.29) is 12.6 Å². The zero-order valence-corrected chi connectivity index (χ0v) is 14.4. The average Bonchev–Trinajstić information content (AvgIpc) is 3.44. The molecule has 2 aliphatic rings. The van der Waals surface area contributed by atoms with Crippen LogP contribution in [0.2, 0.25) is 0 Å². The van der Waals surface area contributed by atoms with Crippen molar-refractivity contribution in [1.29, 1.82) is 0 Å². The number of piperidine rings is 1. The van der Waals surface area contributed by atoms with Crippen molar-refractivity contribution in [3.63, 3.8) is 0 Å². The number of amides is 2. The number of hydrogen-bond acceptors (Lipinski definition) is 3. The maximum atomic E-state index is 12.4. The highest BCUT2D eigenvalue weighted by atomic mass is 16.3. The van der Waals surface area contributed by atoms with Gasteiger partial charge in [0.2, 0.25) is 0 Å². The lowest BCUT2D eigenvalue weighted by Gasteiger charge is -2.36. The third-order valence-electron chi connectivity index (χ3n) is 5.06. The maximum Gasteiger partial charge on any atom is 0.317 e. The Morgan fingerprint density at radius 2 is 2.00 bits per heavy atom. The number of urea groups is 1. The minimum absolute atomic E-state index is 0.0169. The lowest BCUT2D eigenvalue weighted by Crippen LogP contribution is -2.50. The molecule has 0 spiro atoms.